The number of nitrogens with zero attached hydrogens (tertiary/aromatic N) is 5. The number of ketones is 3. The maximum Gasteiger partial charge on any atom is 0.419 e. The first-order chi connectivity index (χ1) is 56.0. The summed E-state index contributed by atoms with van der Waals surface area (Å²) in [4.78, 5) is 36.0. The second kappa shape index (κ2) is 35.2. The lowest BCUT2D eigenvalue weighted by Crippen LogP contribution is -2.32. The van der Waals surface area contributed by atoms with E-state index in [1.807, 2.05) is 54.6 Å². The number of hydrogen-bond acceptors (Lipinski definition) is 19. The molecule has 4 aromatic heterocycles. The van der Waals surface area contributed by atoms with Crippen molar-refractivity contribution in [2.45, 2.75) is 85.2 Å². The van der Waals surface area contributed by atoms with Crippen molar-refractivity contribution in [2.24, 2.45) is 0 Å². The van der Waals surface area contributed by atoms with E-state index in [9.17, 15) is 88.3 Å². The largest absolute Gasteiger partial charge is 0.419 e. The summed E-state index contributed by atoms with van der Waals surface area (Å²) in [5, 5.41) is 41.4. The zero-order valence-electron chi connectivity index (χ0n) is 62.4. The van der Waals surface area contributed by atoms with Crippen molar-refractivity contribution in [3.8, 4) is 18.2 Å². The molecule has 0 saturated carbocycles. The summed E-state index contributed by atoms with van der Waals surface area (Å²) in [6.07, 6.45) is -9.97. The van der Waals surface area contributed by atoms with Gasteiger partial charge in [-0.05, 0) is 191 Å². The molecule has 0 saturated heterocycles. The number of nitriles is 3. The summed E-state index contributed by atoms with van der Waals surface area (Å²) in [7, 11) is -16.3. The summed E-state index contributed by atoms with van der Waals surface area (Å²) in [6, 6.07) is 62.3. The highest BCUT2D eigenvalue weighted by molar-refractivity contribution is 7.94. The summed E-state index contributed by atoms with van der Waals surface area (Å²) < 4.78 is 223. The topological polar surface area (TPSA) is 310 Å². The Bertz CT molecular complexity index is 6860. The van der Waals surface area contributed by atoms with Crippen LogP contribution in [0.1, 0.15) is 110 Å². The number of carbonyl (C=O) groups excluding carboxylic acids is 3. The fourth-order valence-electron chi connectivity index (χ4n) is 12.1. The molecule has 0 fully saturated rings. The molecule has 0 amide bonds. The van der Waals surface area contributed by atoms with Crippen molar-refractivity contribution < 1.29 is 88.3 Å². The standard InChI is InChI=1S/C27H23F4NO4S2.C25H16F4N2O3S2.C17H12N2O3S2.C15H10N2O2S2/c1-16(33)18-9-11-19(12-10-18)38(35,36)32(15-17-8-13-22(28)21(14-17)27(29,30)31)25-24(26(2,3)34)20-6-4-5-7-23(20)37-25;1-15(32)23-19-4-2-3-5-22(19)35-24(23)31(36(33,34)18-9-6-16(13-30)7-10-18)14-17-8-11-21(26)20(12-17)25(27,28)29;1-11(20)16-14-4-2-3-5-15(14)23-17(16)19-24(21,22)13-8-6-12(10-18)7-9-13;16-10-11-5-7-13(8-6-11)21(18,19)17-15-9-12-3-1-2-4-14(12)20-15/h4-14,34H,15H2,1-3H3;2-12H,14H2,1H3;2-9,19H,1H3;1-9,17H. The minimum Gasteiger partial charge on any atom is -0.386 e. The van der Waals surface area contributed by atoms with Gasteiger partial charge >= 0.3 is 12.4 Å². The van der Waals surface area contributed by atoms with Crippen LogP contribution >= 0.6 is 45.3 Å². The predicted octanol–water partition coefficient (Wildman–Crippen LogP) is 20.8. The van der Waals surface area contributed by atoms with E-state index < -0.39 is 99.7 Å². The molecular formula is C84H61F8N7O12S8. The number of halogens is 8. The number of nitrogens with one attached hydrogen (secondary N) is 2. The van der Waals surface area contributed by atoms with Crippen molar-refractivity contribution in [1.29, 1.82) is 15.8 Å². The Labute approximate surface area is 693 Å². The van der Waals surface area contributed by atoms with Gasteiger partial charge in [-0.3, -0.25) is 32.4 Å². The van der Waals surface area contributed by atoms with Gasteiger partial charge < -0.3 is 5.11 Å². The van der Waals surface area contributed by atoms with Crippen molar-refractivity contribution in [3.05, 3.63) is 309 Å². The van der Waals surface area contributed by atoms with E-state index in [4.69, 9.17) is 15.8 Å². The summed E-state index contributed by atoms with van der Waals surface area (Å²) in [6.45, 7) is 5.80. The maximum atomic E-state index is 14.0. The Kier molecular flexibility index (Phi) is 26.0. The van der Waals surface area contributed by atoms with E-state index in [0.717, 1.165) is 63.6 Å². The van der Waals surface area contributed by atoms with E-state index in [0.29, 0.717) is 71.1 Å². The lowest BCUT2D eigenvalue weighted by molar-refractivity contribution is -0.140. The van der Waals surface area contributed by atoms with Crippen LogP contribution in [0.15, 0.2) is 256 Å². The number of anilines is 4. The van der Waals surface area contributed by atoms with Crippen LogP contribution in [0.25, 0.3) is 40.3 Å². The first kappa shape index (κ1) is 87.7. The van der Waals surface area contributed by atoms with E-state index in [-0.39, 0.29) is 74.5 Å². The quantitative estimate of drug-likeness (QED) is 0.0472. The Morgan fingerprint density at radius 1 is 0.420 bits per heavy atom. The van der Waals surface area contributed by atoms with Gasteiger partial charge in [-0.25, -0.2) is 42.5 Å². The monoisotopic (exact) mass is 1770 g/mol. The number of alkyl halides is 6. The number of thiophene rings is 4. The Hall–Kier alpha value is -12.1. The molecule has 0 aliphatic heterocycles. The summed E-state index contributed by atoms with van der Waals surface area (Å²) in [5.41, 5.74) is -2.77. The molecule has 608 valence electrons. The van der Waals surface area contributed by atoms with Crippen LogP contribution in [0, 0.1) is 45.6 Å². The molecule has 14 rings (SSSR count). The third-order valence-corrected chi connectivity index (χ3v) is 29.0. The lowest BCUT2D eigenvalue weighted by Gasteiger charge is -2.28. The van der Waals surface area contributed by atoms with Crippen molar-refractivity contribution in [3.63, 3.8) is 0 Å². The molecule has 19 nitrogen and oxygen atoms in total. The average Bonchev–Trinajstić information content (AvgIpc) is 1.51. The molecule has 0 radical (unpaired) electrons. The number of benzene rings is 10. The number of aliphatic hydroxyl groups is 1. The Morgan fingerprint density at radius 3 is 1.21 bits per heavy atom. The zero-order valence-corrected chi connectivity index (χ0v) is 68.9. The van der Waals surface area contributed by atoms with Gasteiger partial charge in [0.15, 0.2) is 17.3 Å². The minimum absolute atomic E-state index is 0.0194. The normalized spacial score (nSPS) is 11.9. The molecule has 3 N–H and O–H groups in total. The van der Waals surface area contributed by atoms with E-state index >= 15 is 0 Å². The van der Waals surface area contributed by atoms with Gasteiger partial charge in [0.1, 0.15) is 31.6 Å². The Morgan fingerprint density at radius 2 is 0.790 bits per heavy atom. The van der Waals surface area contributed by atoms with Gasteiger partial charge in [0.05, 0.1) is 95.4 Å². The molecule has 0 unspecified atom stereocenters. The number of carbonyl (C=O) groups is 3. The smallest absolute Gasteiger partial charge is 0.386 e. The second-order valence-corrected chi connectivity index (χ2v) is 37.8. The van der Waals surface area contributed by atoms with E-state index in [2.05, 4.69) is 9.44 Å². The number of sulfonamides is 4. The van der Waals surface area contributed by atoms with Gasteiger partial charge in [-0.1, -0.05) is 97.1 Å². The van der Waals surface area contributed by atoms with E-state index in [1.165, 1.54) is 154 Å². The minimum atomic E-state index is -4.99. The highest BCUT2D eigenvalue weighted by Crippen LogP contribution is 2.48. The molecule has 10 aromatic carbocycles. The van der Waals surface area contributed by atoms with Crippen molar-refractivity contribution in [1.82, 2.24) is 0 Å². The predicted molar refractivity (Wildman–Crippen MR) is 444 cm³/mol. The molecule has 0 atom stereocenters. The van der Waals surface area contributed by atoms with E-state index in [1.54, 1.807) is 66.7 Å². The maximum absolute atomic E-state index is 14.0. The molecule has 35 heteroatoms. The summed E-state index contributed by atoms with van der Waals surface area (Å²) >= 11 is 4.66. The molecule has 119 heavy (non-hydrogen) atoms. The van der Waals surface area contributed by atoms with Crippen LogP contribution < -0.4 is 18.1 Å². The van der Waals surface area contributed by atoms with Gasteiger partial charge in [0.25, 0.3) is 40.1 Å². The fourth-order valence-corrected chi connectivity index (χ4v) is 22.8. The lowest BCUT2D eigenvalue weighted by atomic mass is 9.96. The number of rotatable bonds is 20. The van der Waals surface area contributed by atoms with Gasteiger partial charge in [0, 0.05) is 46.1 Å². The van der Waals surface area contributed by atoms with Gasteiger partial charge in [-0.15, -0.1) is 45.3 Å². The van der Waals surface area contributed by atoms with Crippen LogP contribution in [0.5, 0.6) is 0 Å². The molecule has 0 spiro atoms. The number of fused-ring (bicyclic) bond motifs is 4. The zero-order chi connectivity index (χ0) is 86.5. The third-order valence-electron chi connectivity index (χ3n) is 17.7. The average molecular weight is 1770 g/mol. The second-order valence-electron chi connectivity index (χ2n) is 26.5. The summed E-state index contributed by atoms with van der Waals surface area (Å²) in [5.74, 6) is -3.87. The van der Waals surface area contributed by atoms with Gasteiger partial charge in [-0.2, -0.15) is 42.1 Å². The van der Waals surface area contributed by atoms with Crippen molar-refractivity contribution >= 4 is 163 Å². The highest BCUT2D eigenvalue weighted by Gasteiger charge is 2.39. The number of Topliss-reactive ketones (excluding diaryl/α,β-unsaturated/α-hetero) is 3. The molecular weight excluding hydrogens is 1710 g/mol. The molecule has 0 bridgehead atoms. The highest BCUT2D eigenvalue weighted by atomic mass is 32.2. The van der Waals surface area contributed by atoms with Crippen LogP contribution in [0.4, 0.5) is 55.1 Å². The SMILES string of the molecule is CC(=O)c1c(N(Cc2ccc(F)c(C(F)(F)F)c2)S(=O)(=O)c2ccc(C#N)cc2)sc2ccccc12.CC(=O)c1c(NS(=O)(=O)c2ccc(C#N)cc2)sc2ccccc12.CC(=O)c1ccc(S(=O)(=O)N(Cc2ccc(F)c(C(F)(F)F)c2)c2sc3ccccc3c2C(C)(C)O)cc1.N#Cc1ccc(S(=O)(=O)Nc2cc3ccccc3s2)cc1. The Balaban J connectivity index is 0.000000160. The molecule has 0 aliphatic rings. The van der Waals surface area contributed by atoms with Crippen LogP contribution in [0.2, 0.25) is 0 Å². The first-order valence-corrected chi connectivity index (χ1v) is 43.9. The van der Waals surface area contributed by atoms with Crippen LogP contribution in [0.3, 0.4) is 0 Å². The first-order valence-electron chi connectivity index (χ1n) is 34.8. The molecule has 4 heterocycles. The van der Waals surface area contributed by atoms with Crippen LogP contribution in [-0.2, 0) is 71.1 Å². The number of hydrogen-bond donors (Lipinski definition) is 3. The molecule has 0 aliphatic carbocycles. The third kappa shape index (κ3) is 19.9. The van der Waals surface area contributed by atoms with Crippen molar-refractivity contribution in [2.75, 3.05) is 18.1 Å². The fraction of sp³-hybridized carbons (Fsp3) is 0.119. The molecule has 14 aromatic rings. The van der Waals surface area contributed by atoms with Gasteiger partial charge in [0.2, 0.25) is 0 Å². The van der Waals surface area contributed by atoms with Crippen LogP contribution in [-0.4, -0.2) is 56.1 Å².